The highest BCUT2D eigenvalue weighted by atomic mass is 32.1. The van der Waals surface area contributed by atoms with Crippen LogP contribution in [0.25, 0.3) is 0 Å². The monoisotopic (exact) mass is 483 g/mol. The Labute approximate surface area is 202 Å². The van der Waals surface area contributed by atoms with Crippen molar-refractivity contribution in [3.63, 3.8) is 0 Å². The Kier molecular flexibility index (Phi) is 8.12. The van der Waals surface area contributed by atoms with E-state index in [4.69, 9.17) is 9.15 Å². The molecule has 2 heterocycles. The number of hydrogen-bond acceptors (Lipinski definition) is 6. The van der Waals surface area contributed by atoms with E-state index in [9.17, 15) is 14.4 Å². The number of rotatable bonds is 10. The first kappa shape index (κ1) is 25.0. The molecule has 1 unspecified atom stereocenters. The van der Waals surface area contributed by atoms with Gasteiger partial charge in [0, 0.05) is 11.2 Å². The molecular formula is C25H29N3O5S. The summed E-state index contributed by atoms with van der Waals surface area (Å²) in [7, 11) is 1.55. The number of carbonyl (C=O) groups excluding carboxylic acids is 3. The van der Waals surface area contributed by atoms with Crippen LogP contribution in [-0.4, -0.2) is 36.9 Å². The molecule has 3 rings (SSSR count). The zero-order valence-corrected chi connectivity index (χ0v) is 20.5. The number of amides is 3. The van der Waals surface area contributed by atoms with Crippen LogP contribution in [0.3, 0.4) is 0 Å². The second-order valence-electron chi connectivity index (χ2n) is 8.27. The van der Waals surface area contributed by atoms with E-state index >= 15 is 0 Å². The molecule has 8 nitrogen and oxygen atoms in total. The maximum atomic E-state index is 13.5. The molecule has 1 atom stereocenters. The summed E-state index contributed by atoms with van der Waals surface area (Å²) < 4.78 is 10.8. The maximum Gasteiger partial charge on any atom is 0.261 e. The van der Waals surface area contributed by atoms with Crippen molar-refractivity contribution in [2.45, 2.75) is 38.8 Å². The van der Waals surface area contributed by atoms with Crippen LogP contribution in [-0.2, 0) is 9.59 Å². The predicted octanol–water partition coefficient (Wildman–Crippen LogP) is 4.16. The van der Waals surface area contributed by atoms with Crippen LogP contribution >= 0.6 is 11.3 Å². The number of methoxy groups -OCH3 is 1. The van der Waals surface area contributed by atoms with E-state index in [1.807, 2.05) is 20.8 Å². The minimum Gasteiger partial charge on any atom is -0.497 e. The van der Waals surface area contributed by atoms with Crippen molar-refractivity contribution in [2.75, 3.05) is 18.6 Å². The lowest BCUT2D eigenvalue weighted by Crippen LogP contribution is -2.52. The molecule has 0 radical (unpaired) electrons. The van der Waals surface area contributed by atoms with Crippen molar-refractivity contribution in [1.82, 2.24) is 10.6 Å². The minimum absolute atomic E-state index is 0.301. The van der Waals surface area contributed by atoms with Gasteiger partial charge in [0.05, 0.1) is 24.8 Å². The van der Waals surface area contributed by atoms with Gasteiger partial charge >= 0.3 is 0 Å². The number of carbonyl (C=O) groups is 3. The van der Waals surface area contributed by atoms with Gasteiger partial charge in [0.2, 0.25) is 5.91 Å². The standard InChI is InChI=1S/C25H29N3O5S/c1-5-25(2,3)27-24(31)22(19-8-6-14-33-19)28(17-10-12-18(32-4)13-11-17)21(29)16-26-23(30)20-9-7-15-34-20/h6-15,22H,5,16H2,1-4H3,(H,26,30)(H,27,31). The van der Waals surface area contributed by atoms with Gasteiger partial charge in [0.15, 0.2) is 6.04 Å². The quantitative estimate of drug-likeness (QED) is 0.451. The third kappa shape index (κ3) is 6.05. The Morgan fingerprint density at radius 1 is 1.12 bits per heavy atom. The first-order valence-corrected chi connectivity index (χ1v) is 11.8. The highest BCUT2D eigenvalue weighted by Crippen LogP contribution is 2.30. The van der Waals surface area contributed by atoms with Gasteiger partial charge in [-0.05, 0) is 68.1 Å². The number of nitrogens with zero attached hydrogens (tertiary/aromatic N) is 1. The number of ether oxygens (including phenoxy) is 1. The molecule has 34 heavy (non-hydrogen) atoms. The van der Waals surface area contributed by atoms with Crippen LogP contribution in [0.1, 0.15) is 48.7 Å². The molecule has 2 N–H and O–H groups in total. The zero-order chi connectivity index (χ0) is 24.7. The summed E-state index contributed by atoms with van der Waals surface area (Å²) in [6.45, 7) is 5.48. The summed E-state index contributed by atoms with van der Waals surface area (Å²) in [5.41, 5.74) is -0.0359. The summed E-state index contributed by atoms with van der Waals surface area (Å²) in [6.07, 6.45) is 2.15. The highest BCUT2D eigenvalue weighted by Gasteiger charge is 2.36. The van der Waals surface area contributed by atoms with Gasteiger partial charge in [-0.2, -0.15) is 0 Å². The summed E-state index contributed by atoms with van der Waals surface area (Å²) in [5, 5.41) is 7.44. The Balaban J connectivity index is 1.97. The van der Waals surface area contributed by atoms with Crippen molar-refractivity contribution in [1.29, 1.82) is 0 Å². The number of furan rings is 1. The number of nitrogens with one attached hydrogen (secondary N) is 2. The molecule has 0 aliphatic rings. The molecule has 0 saturated heterocycles. The van der Waals surface area contributed by atoms with Gasteiger partial charge in [-0.15, -0.1) is 11.3 Å². The summed E-state index contributed by atoms with van der Waals surface area (Å²) >= 11 is 1.28. The molecule has 180 valence electrons. The Hall–Kier alpha value is -3.59. The maximum absolute atomic E-state index is 13.5. The largest absolute Gasteiger partial charge is 0.497 e. The second kappa shape index (κ2) is 11.0. The SMILES string of the molecule is CCC(C)(C)NC(=O)C(c1ccco1)N(C(=O)CNC(=O)c1cccs1)c1ccc(OC)cc1. The Bertz CT molecular complexity index is 1090. The van der Waals surface area contributed by atoms with Crippen LogP contribution < -0.4 is 20.3 Å². The van der Waals surface area contributed by atoms with E-state index < -0.39 is 23.4 Å². The molecule has 0 saturated carbocycles. The molecule has 0 fully saturated rings. The molecule has 0 aliphatic carbocycles. The molecule has 0 aliphatic heterocycles. The van der Waals surface area contributed by atoms with Gasteiger partial charge < -0.3 is 19.8 Å². The molecular weight excluding hydrogens is 454 g/mol. The van der Waals surface area contributed by atoms with Crippen molar-refractivity contribution < 1.29 is 23.5 Å². The number of anilines is 1. The molecule has 2 aromatic heterocycles. The van der Waals surface area contributed by atoms with E-state index in [1.54, 1.807) is 61.0 Å². The fourth-order valence-corrected chi connectivity index (χ4v) is 3.87. The fourth-order valence-electron chi connectivity index (χ4n) is 3.23. The molecule has 9 heteroatoms. The summed E-state index contributed by atoms with van der Waals surface area (Å²) in [4.78, 5) is 41.3. The van der Waals surface area contributed by atoms with Gasteiger partial charge in [-0.3, -0.25) is 19.3 Å². The average molecular weight is 484 g/mol. The third-order valence-electron chi connectivity index (χ3n) is 5.43. The van der Waals surface area contributed by atoms with E-state index in [0.717, 1.165) is 0 Å². The topological polar surface area (TPSA) is 101 Å². The van der Waals surface area contributed by atoms with Gasteiger partial charge in [0.25, 0.3) is 11.8 Å². The van der Waals surface area contributed by atoms with Crippen LogP contribution in [0.4, 0.5) is 5.69 Å². The highest BCUT2D eigenvalue weighted by molar-refractivity contribution is 7.12. The van der Waals surface area contributed by atoms with E-state index in [-0.39, 0.29) is 12.5 Å². The van der Waals surface area contributed by atoms with Crippen LogP contribution in [0.15, 0.2) is 64.6 Å². The first-order chi connectivity index (χ1) is 16.3. The molecule has 0 bridgehead atoms. The van der Waals surface area contributed by atoms with Crippen LogP contribution in [0, 0.1) is 0 Å². The van der Waals surface area contributed by atoms with Crippen molar-refractivity contribution >= 4 is 34.7 Å². The van der Waals surface area contributed by atoms with Crippen molar-refractivity contribution in [2.24, 2.45) is 0 Å². The van der Waals surface area contributed by atoms with E-state index in [1.165, 1.54) is 22.5 Å². The smallest absolute Gasteiger partial charge is 0.261 e. The molecule has 3 amide bonds. The lowest BCUT2D eigenvalue weighted by atomic mass is 10.0. The Morgan fingerprint density at radius 2 is 1.85 bits per heavy atom. The van der Waals surface area contributed by atoms with Gasteiger partial charge in [-0.25, -0.2) is 0 Å². The third-order valence-corrected chi connectivity index (χ3v) is 6.30. The minimum atomic E-state index is -1.08. The van der Waals surface area contributed by atoms with Crippen LogP contribution in [0.5, 0.6) is 5.75 Å². The van der Waals surface area contributed by atoms with E-state index in [0.29, 0.717) is 28.5 Å². The van der Waals surface area contributed by atoms with Crippen LogP contribution in [0.2, 0.25) is 0 Å². The number of benzene rings is 1. The first-order valence-electron chi connectivity index (χ1n) is 10.9. The number of hydrogen-bond donors (Lipinski definition) is 2. The van der Waals surface area contributed by atoms with Gasteiger partial charge in [0.1, 0.15) is 11.5 Å². The fraction of sp³-hybridized carbons (Fsp3) is 0.320. The summed E-state index contributed by atoms with van der Waals surface area (Å²) in [5.74, 6) is -0.313. The Morgan fingerprint density at radius 3 is 2.41 bits per heavy atom. The molecule has 1 aromatic carbocycles. The lowest BCUT2D eigenvalue weighted by Gasteiger charge is -2.33. The average Bonchev–Trinajstić information content (AvgIpc) is 3.55. The predicted molar refractivity (Wildman–Crippen MR) is 131 cm³/mol. The number of thiophene rings is 1. The van der Waals surface area contributed by atoms with E-state index in [2.05, 4.69) is 10.6 Å². The zero-order valence-electron chi connectivity index (χ0n) is 19.7. The molecule has 3 aromatic rings. The van der Waals surface area contributed by atoms with Crippen molar-refractivity contribution in [3.05, 3.63) is 70.8 Å². The van der Waals surface area contributed by atoms with Crippen molar-refractivity contribution in [3.8, 4) is 5.75 Å². The lowest BCUT2D eigenvalue weighted by molar-refractivity contribution is -0.128. The summed E-state index contributed by atoms with van der Waals surface area (Å²) in [6, 6.07) is 12.4. The second-order valence-corrected chi connectivity index (χ2v) is 9.21. The normalized spacial score (nSPS) is 12.0. The molecule has 0 spiro atoms. The van der Waals surface area contributed by atoms with Gasteiger partial charge in [-0.1, -0.05) is 13.0 Å².